The second-order valence-corrected chi connectivity index (χ2v) is 6.23. The van der Waals surface area contributed by atoms with Crippen molar-refractivity contribution in [3.63, 3.8) is 0 Å². The van der Waals surface area contributed by atoms with Crippen molar-refractivity contribution >= 4 is 17.6 Å². The highest BCUT2D eigenvalue weighted by Gasteiger charge is 2.37. The van der Waals surface area contributed by atoms with Crippen molar-refractivity contribution in [2.75, 3.05) is 31.8 Å². The van der Waals surface area contributed by atoms with Crippen molar-refractivity contribution in [1.29, 1.82) is 5.26 Å². The average Bonchev–Trinajstić information content (AvgIpc) is 3.13. The van der Waals surface area contributed by atoms with Crippen molar-refractivity contribution in [3.05, 3.63) is 54.1 Å². The van der Waals surface area contributed by atoms with Crippen LogP contribution < -0.4 is 14.4 Å². The molecule has 7 nitrogen and oxygen atoms in total. The second-order valence-electron chi connectivity index (χ2n) is 6.23. The van der Waals surface area contributed by atoms with Gasteiger partial charge in [0.2, 0.25) is 5.91 Å². The summed E-state index contributed by atoms with van der Waals surface area (Å²) in [6, 6.07) is 15.9. The van der Waals surface area contributed by atoms with E-state index in [1.165, 1.54) is 0 Å². The van der Waals surface area contributed by atoms with Crippen LogP contribution in [-0.2, 0) is 14.3 Å². The van der Waals surface area contributed by atoms with Crippen LogP contribution in [0, 0.1) is 17.2 Å². The molecule has 0 aromatic heterocycles. The molecule has 1 aliphatic heterocycles. The van der Waals surface area contributed by atoms with Gasteiger partial charge >= 0.3 is 5.97 Å². The molecule has 1 atom stereocenters. The zero-order valence-electron chi connectivity index (χ0n) is 15.5. The minimum atomic E-state index is -0.521. The Morgan fingerprint density at radius 2 is 1.93 bits per heavy atom. The van der Waals surface area contributed by atoms with E-state index in [-0.39, 0.29) is 32.1 Å². The van der Waals surface area contributed by atoms with Crippen LogP contribution in [0.5, 0.6) is 11.5 Å². The summed E-state index contributed by atoms with van der Waals surface area (Å²) in [5.41, 5.74) is 1.19. The van der Waals surface area contributed by atoms with Gasteiger partial charge in [-0.05, 0) is 36.4 Å². The number of hydrogen-bond acceptors (Lipinski definition) is 6. The van der Waals surface area contributed by atoms with Gasteiger partial charge in [-0.25, -0.2) is 0 Å². The molecule has 0 N–H and O–H groups in total. The first-order chi connectivity index (χ1) is 13.6. The summed E-state index contributed by atoms with van der Waals surface area (Å²) in [7, 11) is 1.54. The van der Waals surface area contributed by atoms with Gasteiger partial charge in [0.25, 0.3) is 0 Å². The van der Waals surface area contributed by atoms with Gasteiger partial charge in [-0.3, -0.25) is 9.59 Å². The molecule has 0 unspecified atom stereocenters. The lowest BCUT2D eigenvalue weighted by atomic mass is 10.1. The summed E-state index contributed by atoms with van der Waals surface area (Å²) in [6.45, 7) is 0.529. The van der Waals surface area contributed by atoms with Crippen LogP contribution in [-0.4, -0.2) is 38.7 Å². The van der Waals surface area contributed by atoms with E-state index in [1.807, 2.05) is 18.2 Å². The summed E-state index contributed by atoms with van der Waals surface area (Å²) in [4.78, 5) is 26.2. The number of rotatable bonds is 7. The number of anilines is 1. The van der Waals surface area contributed by atoms with Crippen LogP contribution >= 0.6 is 0 Å². The fourth-order valence-corrected chi connectivity index (χ4v) is 3.00. The van der Waals surface area contributed by atoms with Gasteiger partial charge in [-0.2, -0.15) is 5.26 Å². The highest BCUT2D eigenvalue weighted by molar-refractivity contribution is 6.00. The normalized spacial score (nSPS) is 15.8. The number of nitriles is 1. The summed E-state index contributed by atoms with van der Waals surface area (Å²) in [5.74, 6) is 0.0934. The quantitative estimate of drug-likeness (QED) is 0.542. The lowest BCUT2D eigenvalue weighted by Gasteiger charge is -2.19. The van der Waals surface area contributed by atoms with Gasteiger partial charge < -0.3 is 19.1 Å². The van der Waals surface area contributed by atoms with Gasteiger partial charge in [-0.15, -0.1) is 0 Å². The molecule has 0 spiro atoms. The van der Waals surface area contributed by atoms with Gasteiger partial charge in [0.1, 0.15) is 24.7 Å². The maximum atomic E-state index is 12.3. The van der Waals surface area contributed by atoms with Crippen molar-refractivity contribution in [2.45, 2.75) is 6.42 Å². The molecule has 144 valence electrons. The van der Waals surface area contributed by atoms with Crippen molar-refractivity contribution in [3.8, 4) is 17.6 Å². The molecular formula is C21H20N2O5. The minimum absolute atomic E-state index is 0.0815. The first kappa shape index (κ1) is 19.2. The first-order valence-electron chi connectivity index (χ1n) is 8.85. The molecule has 28 heavy (non-hydrogen) atoms. The highest BCUT2D eigenvalue weighted by atomic mass is 16.6. The van der Waals surface area contributed by atoms with E-state index in [0.29, 0.717) is 22.7 Å². The third kappa shape index (κ3) is 4.41. The van der Waals surface area contributed by atoms with Crippen LogP contribution in [0.3, 0.4) is 0 Å². The lowest BCUT2D eigenvalue weighted by Crippen LogP contribution is -2.27. The standard InChI is InChI=1S/C21H20N2O5/c1-26-19-5-3-2-4-18(19)23-14-16(12-20(23)24)21(25)28-11-10-27-17-8-6-15(13-22)7-9-17/h2-9,16H,10-12,14H2,1H3/t16-/m1/s1. The molecule has 1 amide bonds. The molecule has 0 radical (unpaired) electrons. The fraction of sp³-hybridized carbons (Fsp3) is 0.286. The molecule has 7 heteroatoms. The summed E-state index contributed by atoms with van der Waals surface area (Å²) < 4.78 is 16.0. The Morgan fingerprint density at radius 1 is 1.18 bits per heavy atom. The van der Waals surface area contributed by atoms with Crippen molar-refractivity contribution < 1.29 is 23.8 Å². The molecule has 1 saturated heterocycles. The monoisotopic (exact) mass is 380 g/mol. The fourth-order valence-electron chi connectivity index (χ4n) is 3.00. The highest BCUT2D eigenvalue weighted by Crippen LogP contribution is 2.33. The number of nitrogens with zero attached hydrogens (tertiary/aromatic N) is 2. The molecule has 0 bridgehead atoms. The molecule has 2 aromatic rings. The van der Waals surface area contributed by atoms with Crippen LogP contribution in [0.1, 0.15) is 12.0 Å². The predicted molar refractivity (Wildman–Crippen MR) is 101 cm³/mol. The molecule has 2 aromatic carbocycles. The Hall–Kier alpha value is -3.53. The van der Waals surface area contributed by atoms with Gasteiger partial charge in [0.15, 0.2) is 0 Å². The predicted octanol–water partition coefficient (Wildman–Crippen LogP) is 2.54. The Kier molecular flexibility index (Phi) is 6.12. The number of carbonyl (C=O) groups is 2. The third-order valence-electron chi connectivity index (χ3n) is 4.41. The Morgan fingerprint density at radius 3 is 2.64 bits per heavy atom. The summed E-state index contributed by atoms with van der Waals surface area (Å²) in [6.07, 6.45) is 0.105. The summed E-state index contributed by atoms with van der Waals surface area (Å²) in [5, 5.41) is 8.76. The van der Waals surface area contributed by atoms with E-state index in [0.717, 1.165) is 0 Å². The van der Waals surface area contributed by atoms with Gasteiger partial charge in [0.05, 0.1) is 30.3 Å². The van der Waals surface area contributed by atoms with Crippen LogP contribution in [0.2, 0.25) is 0 Å². The Balaban J connectivity index is 1.48. The third-order valence-corrected chi connectivity index (χ3v) is 4.41. The Labute approximate surface area is 163 Å². The topological polar surface area (TPSA) is 88.9 Å². The number of methoxy groups -OCH3 is 1. The molecule has 1 aliphatic rings. The number of benzene rings is 2. The second kappa shape index (κ2) is 8.91. The van der Waals surface area contributed by atoms with E-state index in [9.17, 15) is 9.59 Å². The first-order valence-corrected chi connectivity index (χ1v) is 8.85. The number of ether oxygens (including phenoxy) is 3. The van der Waals surface area contributed by atoms with E-state index < -0.39 is 11.9 Å². The molecular weight excluding hydrogens is 360 g/mol. The summed E-state index contributed by atoms with van der Waals surface area (Å²) >= 11 is 0. The zero-order chi connectivity index (χ0) is 19.9. The van der Waals surface area contributed by atoms with Crippen molar-refractivity contribution in [2.24, 2.45) is 5.92 Å². The van der Waals surface area contributed by atoms with Gasteiger partial charge in [-0.1, -0.05) is 12.1 Å². The van der Waals surface area contributed by atoms with Crippen LogP contribution in [0.4, 0.5) is 5.69 Å². The number of hydrogen-bond donors (Lipinski definition) is 0. The minimum Gasteiger partial charge on any atom is -0.495 e. The SMILES string of the molecule is COc1ccccc1N1C[C@H](C(=O)OCCOc2ccc(C#N)cc2)CC1=O. The van der Waals surface area contributed by atoms with Gasteiger partial charge in [0, 0.05) is 13.0 Å². The molecule has 1 heterocycles. The van der Waals surface area contributed by atoms with E-state index in [1.54, 1.807) is 48.4 Å². The number of esters is 1. The smallest absolute Gasteiger partial charge is 0.311 e. The number of para-hydroxylation sites is 2. The lowest BCUT2D eigenvalue weighted by molar-refractivity contribution is -0.149. The maximum absolute atomic E-state index is 12.3. The Bertz CT molecular complexity index is 888. The average molecular weight is 380 g/mol. The number of carbonyl (C=O) groups excluding carboxylic acids is 2. The molecule has 0 saturated carbocycles. The maximum Gasteiger partial charge on any atom is 0.311 e. The molecule has 1 fully saturated rings. The van der Waals surface area contributed by atoms with Crippen LogP contribution in [0.25, 0.3) is 0 Å². The molecule has 3 rings (SSSR count). The van der Waals surface area contributed by atoms with E-state index >= 15 is 0 Å². The number of amides is 1. The van der Waals surface area contributed by atoms with Crippen LogP contribution in [0.15, 0.2) is 48.5 Å². The van der Waals surface area contributed by atoms with Crippen molar-refractivity contribution in [1.82, 2.24) is 0 Å². The largest absolute Gasteiger partial charge is 0.495 e. The van der Waals surface area contributed by atoms with E-state index in [4.69, 9.17) is 19.5 Å². The zero-order valence-corrected chi connectivity index (χ0v) is 15.5. The molecule has 0 aliphatic carbocycles. The van der Waals surface area contributed by atoms with E-state index in [2.05, 4.69) is 0 Å².